The summed E-state index contributed by atoms with van der Waals surface area (Å²) in [5.41, 5.74) is -0.458. The van der Waals surface area contributed by atoms with Crippen molar-refractivity contribution in [3.63, 3.8) is 0 Å². The standard InChI is InChI=1S/C21H17ClN4O4S/c1-21(2,30-13-9-7-12(22)8-10-13)19(29)23-20-25-24-16(31-20)11-26-17(27)14-5-3-4-6-15(14)18(26)28/h3-10H,11H2,1-2H3,(H,23,25,29). The van der Waals surface area contributed by atoms with E-state index in [-0.39, 0.29) is 23.5 Å². The van der Waals surface area contributed by atoms with Crippen LogP contribution in [0.4, 0.5) is 5.13 Å². The molecule has 1 aliphatic heterocycles. The number of ether oxygens (including phenoxy) is 1. The van der Waals surface area contributed by atoms with Crippen LogP contribution in [0.1, 0.15) is 39.6 Å². The number of hydrogen-bond acceptors (Lipinski definition) is 7. The van der Waals surface area contributed by atoms with Gasteiger partial charge in [0.05, 0.1) is 17.7 Å². The number of fused-ring (bicyclic) bond motifs is 1. The lowest BCUT2D eigenvalue weighted by molar-refractivity contribution is -0.128. The first-order valence-electron chi connectivity index (χ1n) is 9.28. The third kappa shape index (κ3) is 4.28. The number of carbonyl (C=O) groups is 3. The van der Waals surface area contributed by atoms with Gasteiger partial charge >= 0.3 is 0 Å². The van der Waals surface area contributed by atoms with Gasteiger partial charge in [-0.1, -0.05) is 35.1 Å². The molecule has 8 nitrogen and oxygen atoms in total. The molecule has 0 unspecified atom stereocenters. The highest BCUT2D eigenvalue weighted by Crippen LogP contribution is 2.27. The predicted octanol–water partition coefficient (Wildman–Crippen LogP) is 3.78. The van der Waals surface area contributed by atoms with Gasteiger partial charge < -0.3 is 4.74 Å². The zero-order valence-electron chi connectivity index (χ0n) is 16.6. The summed E-state index contributed by atoms with van der Waals surface area (Å²) in [5, 5.41) is 11.8. The fourth-order valence-corrected chi connectivity index (χ4v) is 3.83. The van der Waals surface area contributed by atoms with Crippen molar-refractivity contribution in [3.05, 3.63) is 69.7 Å². The summed E-state index contributed by atoms with van der Waals surface area (Å²) in [7, 11) is 0. The summed E-state index contributed by atoms with van der Waals surface area (Å²) in [6, 6.07) is 13.3. The number of nitrogens with one attached hydrogen (secondary N) is 1. The molecule has 0 fully saturated rings. The Labute approximate surface area is 186 Å². The second kappa shape index (κ2) is 8.09. The molecule has 0 bridgehead atoms. The number of hydrogen-bond donors (Lipinski definition) is 1. The van der Waals surface area contributed by atoms with Crippen LogP contribution in [0, 0.1) is 0 Å². The molecule has 0 saturated carbocycles. The molecule has 2 aromatic carbocycles. The first-order chi connectivity index (χ1) is 14.7. The van der Waals surface area contributed by atoms with Gasteiger partial charge in [-0.15, -0.1) is 10.2 Å². The molecule has 1 aliphatic rings. The largest absolute Gasteiger partial charge is 0.478 e. The first kappa shape index (κ1) is 21.0. The SMILES string of the molecule is CC(C)(Oc1ccc(Cl)cc1)C(=O)Nc1nnc(CN2C(=O)c3ccccc3C2=O)s1. The quantitative estimate of drug-likeness (QED) is 0.566. The van der Waals surface area contributed by atoms with Crippen molar-refractivity contribution in [2.45, 2.75) is 26.0 Å². The van der Waals surface area contributed by atoms with Crippen LogP contribution < -0.4 is 10.1 Å². The van der Waals surface area contributed by atoms with Crippen LogP contribution in [0.2, 0.25) is 5.02 Å². The summed E-state index contributed by atoms with van der Waals surface area (Å²) in [5.74, 6) is -0.684. The maximum Gasteiger partial charge on any atom is 0.269 e. The van der Waals surface area contributed by atoms with Gasteiger partial charge in [0.25, 0.3) is 17.7 Å². The fraction of sp³-hybridized carbons (Fsp3) is 0.190. The zero-order valence-corrected chi connectivity index (χ0v) is 18.2. The lowest BCUT2D eigenvalue weighted by Crippen LogP contribution is -2.42. The average molecular weight is 457 g/mol. The molecule has 0 spiro atoms. The first-order valence-corrected chi connectivity index (χ1v) is 10.5. The van der Waals surface area contributed by atoms with E-state index in [0.717, 1.165) is 16.2 Å². The maximum absolute atomic E-state index is 12.7. The highest BCUT2D eigenvalue weighted by molar-refractivity contribution is 7.15. The Balaban J connectivity index is 1.41. The van der Waals surface area contributed by atoms with E-state index in [1.54, 1.807) is 62.4 Å². The van der Waals surface area contributed by atoms with Gasteiger partial charge in [0.15, 0.2) is 5.60 Å². The van der Waals surface area contributed by atoms with E-state index in [0.29, 0.717) is 26.9 Å². The minimum absolute atomic E-state index is 0.0233. The Kier molecular flexibility index (Phi) is 5.47. The molecule has 0 saturated heterocycles. The predicted molar refractivity (Wildman–Crippen MR) is 115 cm³/mol. The average Bonchev–Trinajstić information content (AvgIpc) is 3.28. The van der Waals surface area contributed by atoms with Crippen molar-refractivity contribution in [1.29, 1.82) is 0 Å². The molecule has 10 heteroatoms. The van der Waals surface area contributed by atoms with Crippen molar-refractivity contribution in [2.75, 3.05) is 5.32 Å². The van der Waals surface area contributed by atoms with Gasteiger partial charge in [-0.25, -0.2) is 0 Å². The molecule has 158 valence electrons. The van der Waals surface area contributed by atoms with E-state index in [9.17, 15) is 14.4 Å². The number of carbonyl (C=O) groups excluding carboxylic acids is 3. The van der Waals surface area contributed by atoms with E-state index in [1.165, 1.54) is 0 Å². The molecule has 31 heavy (non-hydrogen) atoms. The van der Waals surface area contributed by atoms with E-state index in [2.05, 4.69) is 15.5 Å². The monoisotopic (exact) mass is 456 g/mol. The smallest absolute Gasteiger partial charge is 0.269 e. The van der Waals surface area contributed by atoms with Crippen LogP contribution in [0.3, 0.4) is 0 Å². The van der Waals surface area contributed by atoms with Gasteiger partial charge in [0.2, 0.25) is 5.13 Å². The molecule has 1 N–H and O–H groups in total. The lowest BCUT2D eigenvalue weighted by atomic mass is 10.1. The Morgan fingerprint density at radius 3 is 2.29 bits per heavy atom. The van der Waals surface area contributed by atoms with Crippen LogP contribution in [-0.4, -0.2) is 38.4 Å². The molecule has 0 aliphatic carbocycles. The molecule has 0 radical (unpaired) electrons. The Morgan fingerprint density at radius 1 is 1.06 bits per heavy atom. The number of anilines is 1. The molecule has 4 rings (SSSR count). The van der Waals surface area contributed by atoms with Crippen molar-refractivity contribution in [1.82, 2.24) is 15.1 Å². The number of amides is 3. The van der Waals surface area contributed by atoms with Crippen LogP contribution in [0.15, 0.2) is 48.5 Å². The number of nitrogens with zero attached hydrogens (tertiary/aromatic N) is 3. The second-order valence-corrected chi connectivity index (χ2v) is 8.76. The van der Waals surface area contributed by atoms with Crippen LogP contribution in [0.25, 0.3) is 0 Å². The maximum atomic E-state index is 12.7. The van der Waals surface area contributed by atoms with E-state index in [4.69, 9.17) is 16.3 Å². The summed E-state index contributed by atoms with van der Waals surface area (Å²) in [6.07, 6.45) is 0. The van der Waals surface area contributed by atoms with Crippen molar-refractivity contribution < 1.29 is 19.1 Å². The summed E-state index contributed by atoms with van der Waals surface area (Å²) in [4.78, 5) is 38.8. The number of rotatable bonds is 6. The number of imide groups is 1. The third-order valence-electron chi connectivity index (χ3n) is 4.59. The zero-order chi connectivity index (χ0) is 22.2. The number of benzene rings is 2. The fourth-order valence-electron chi connectivity index (χ4n) is 2.98. The summed E-state index contributed by atoms with van der Waals surface area (Å²) >= 11 is 6.95. The van der Waals surface area contributed by atoms with Crippen LogP contribution in [0.5, 0.6) is 5.75 Å². The van der Waals surface area contributed by atoms with Crippen LogP contribution in [-0.2, 0) is 11.3 Å². The van der Waals surface area contributed by atoms with Crippen molar-refractivity contribution >= 4 is 45.8 Å². The second-order valence-electron chi connectivity index (χ2n) is 7.26. The van der Waals surface area contributed by atoms with Gasteiger partial charge in [-0.2, -0.15) is 0 Å². The summed E-state index contributed by atoms with van der Waals surface area (Å²) < 4.78 is 5.76. The molecular formula is C21H17ClN4O4S. The Hall–Kier alpha value is -3.30. The molecule has 1 aromatic heterocycles. The highest BCUT2D eigenvalue weighted by Gasteiger charge is 2.36. The topological polar surface area (TPSA) is 101 Å². The van der Waals surface area contributed by atoms with E-state index >= 15 is 0 Å². The third-order valence-corrected chi connectivity index (χ3v) is 5.67. The van der Waals surface area contributed by atoms with Crippen molar-refractivity contribution in [2.24, 2.45) is 0 Å². The Morgan fingerprint density at radius 2 is 1.68 bits per heavy atom. The number of aromatic nitrogens is 2. The van der Waals surface area contributed by atoms with Crippen molar-refractivity contribution in [3.8, 4) is 5.75 Å². The van der Waals surface area contributed by atoms with Gasteiger partial charge in [0.1, 0.15) is 10.8 Å². The molecule has 0 atom stereocenters. The highest BCUT2D eigenvalue weighted by atomic mass is 35.5. The molecule has 2 heterocycles. The lowest BCUT2D eigenvalue weighted by Gasteiger charge is -2.24. The summed E-state index contributed by atoms with van der Waals surface area (Å²) in [6.45, 7) is 3.22. The van der Waals surface area contributed by atoms with Gasteiger partial charge in [0, 0.05) is 5.02 Å². The van der Waals surface area contributed by atoms with Gasteiger partial charge in [-0.05, 0) is 50.2 Å². The molecular weight excluding hydrogens is 440 g/mol. The van der Waals surface area contributed by atoms with E-state index in [1.807, 2.05) is 0 Å². The molecule has 3 amide bonds. The Bertz CT molecular complexity index is 1140. The number of halogens is 1. The minimum atomic E-state index is -1.19. The van der Waals surface area contributed by atoms with Gasteiger partial charge in [-0.3, -0.25) is 24.6 Å². The normalized spacial score (nSPS) is 13.3. The van der Waals surface area contributed by atoms with E-state index < -0.39 is 11.5 Å². The van der Waals surface area contributed by atoms with Crippen LogP contribution >= 0.6 is 22.9 Å². The minimum Gasteiger partial charge on any atom is -0.478 e. The molecule has 3 aromatic rings.